The molecule has 1 unspecified atom stereocenters. The number of carbonyl (C=O) groups is 3. The van der Waals surface area contributed by atoms with Crippen LogP contribution in [0.3, 0.4) is 0 Å². The van der Waals surface area contributed by atoms with Gasteiger partial charge in [0.2, 0.25) is 0 Å². The van der Waals surface area contributed by atoms with Gasteiger partial charge in [0, 0.05) is 19.3 Å². The highest BCUT2D eigenvalue weighted by atomic mass is 16.6. The topological polar surface area (TPSA) is 78.9 Å². The highest BCUT2D eigenvalue weighted by molar-refractivity contribution is 5.71. The Hall–Kier alpha value is -4.19. The Balaban J connectivity index is 4.33. The molecule has 0 amide bonds. The van der Waals surface area contributed by atoms with Crippen LogP contribution in [-0.4, -0.2) is 37.2 Å². The van der Waals surface area contributed by atoms with Crippen molar-refractivity contribution in [3.05, 3.63) is 122 Å². The molecule has 0 N–H and O–H groups in total. The van der Waals surface area contributed by atoms with E-state index in [1.807, 2.05) is 0 Å². The average Bonchev–Trinajstić information content (AvgIpc) is 3.49. The molecule has 474 valence electrons. The molecule has 0 fully saturated rings. The smallest absolute Gasteiger partial charge is 0.306 e. The molecule has 1 atom stereocenters. The molecule has 0 aromatic rings. The number of hydrogen-bond donors (Lipinski definition) is 0. The molecule has 0 bridgehead atoms. The van der Waals surface area contributed by atoms with Crippen LogP contribution in [0.15, 0.2) is 122 Å². The van der Waals surface area contributed by atoms with Crippen molar-refractivity contribution in [3.8, 4) is 0 Å². The zero-order chi connectivity index (χ0) is 59.9. The number of esters is 3. The summed E-state index contributed by atoms with van der Waals surface area (Å²) in [5.74, 6) is -0.993. The summed E-state index contributed by atoms with van der Waals surface area (Å²) in [6, 6.07) is 0. The summed E-state index contributed by atoms with van der Waals surface area (Å²) in [6.07, 6.45) is 98.2. The summed E-state index contributed by atoms with van der Waals surface area (Å²) in [7, 11) is 0. The zero-order valence-electron chi connectivity index (χ0n) is 54.4. The third-order valence-electron chi connectivity index (χ3n) is 15.0. The minimum Gasteiger partial charge on any atom is -0.462 e. The molecular weight excluding hydrogens is 1020 g/mol. The van der Waals surface area contributed by atoms with Gasteiger partial charge in [-0.1, -0.05) is 328 Å². The van der Waals surface area contributed by atoms with Gasteiger partial charge in [-0.15, -0.1) is 0 Å². The van der Waals surface area contributed by atoms with E-state index in [4.69, 9.17) is 14.2 Å². The second-order valence-electron chi connectivity index (χ2n) is 23.0. The molecule has 0 saturated heterocycles. The van der Waals surface area contributed by atoms with E-state index < -0.39 is 6.10 Å². The summed E-state index contributed by atoms with van der Waals surface area (Å²) in [4.78, 5) is 38.3. The van der Waals surface area contributed by atoms with E-state index >= 15 is 0 Å². The maximum absolute atomic E-state index is 12.9. The first-order valence-corrected chi connectivity index (χ1v) is 35.0. The lowest BCUT2D eigenvalue weighted by Gasteiger charge is -2.18. The summed E-state index contributed by atoms with van der Waals surface area (Å²) >= 11 is 0. The molecule has 0 aliphatic rings. The summed E-state index contributed by atoms with van der Waals surface area (Å²) in [6.45, 7) is 6.37. The predicted molar refractivity (Wildman–Crippen MR) is 362 cm³/mol. The van der Waals surface area contributed by atoms with Gasteiger partial charge in [0.05, 0.1) is 0 Å². The van der Waals surface area contributed by atoms with Gasteiger partial charge >= 0.3 is 17.9 Å². The maximum atomic E-state index is 12.9. The maximum Gasteiger partial charge on any atom is 0.306 e. The first-order valence-electron chi connectivity index (χ1n) is 35.0. The fraction of sp³-hybridized carbons (Fsp3) is 0.701. The van der Waals surface area contributed by atoms with Crippen LogP contribution in [-0.2, 0) is 28.6 Å². The minimum absolute atomic E-state index is 0.111. The SMILES string of the molecule is CC/C=C\C/C=C\C/C=C\C/C=C\C/C=C\C/C=C\C/C=C\CCCC(=O)OC(COC(=O)CCCCC/C=C\C/C=C\C/C=C\CC)COC(=O)CCCCCCCCCCCCCCCCCCCCCCCCCCCCCCC. The van der Waals surface area contributed by atoms with Crippen LogP contribution in [0.4, 0.5) is 0 Å². The van der Waals surface area contributed by atoms with Gasteiger partial charge in [-0.2, -0.15) is 0 Å². The number of ether oxygens (including phenoxy) is 3. The highest BCUT2D eigenvalue weighted by Crippen LogP contribution is 2.18. The van der Waals surface area contributed by atoms with E-state index in [0.29, 0.717) is 19.3 Å². The van der Waals surface area contributed by atoms with Gasteiger partial charge in [0.1, 0.15) is 13.2 Å². The molecule has 0 radical (unpaired) electrons. The molecule has 6 nitrogen and oxygen atoms in total. The van der Waals surface area contributed by atoms with Crippen LogP contribution in [0.2, 0.25) is 0 Å². The average molecular weight is 1150 g/mol. The quantitative estimate of drug-likeness (QED) is 0.0261. The molecule has 0 aliphatic heterocycles. The largest absolute Gasteiger partial charge is 0.462 e. The molecule has 0 aromatic carbocycles. The zero-order valence-corrected chi connectivity index (χ0v) is 54.4. The van der Waals surface area contributed by atoms with Crippen molar-refractivity contribution >= 4 is 17.9 Å². The van der Waals surface area contributed by atoms with Crippen molar-refractivity contribution < 1.29 is 28.6 Å². The second kappa shape index (κ2) is 70.3. The lowest BCUT2D eigenvalue weighted by Crippen LogP contribution is -2.30. The van der Waals surface area contributed by atoms with Crippen molar-refractivity contribution in [3.63, 3.8) is 0 Å². The number of hydrogen-bond acceptors (Lipinski definition) is 6. The monoisotopic (exact) mass is 1150 g/mol. The van der Waals surface area contributed by atoms with Gasteiger partial charge in [0.25, 0.3) is 0 Å². The van der Waals surface area contributed by atoms with Crippen LogP contribution in [0.1, 0.15) is 329 Å². The van der Waals surface area contributed by atoms with Gasteiger partial charge in [-0.05, 0) is 103 Å². The molecule has 0 aromatic heterocycles. The summed E-state index contributed by atoms with van der Waals surface area (Å²) < 4.78 is 16.9. The van der Waals surface area contributed by atoms with Crippen LogP contribution in [0.5, 0.6) is 0 Å². The van der Waals surface area contributed by atoms with Gasteiger partial charge in [-0.3, -0.25) is 14.4 Å². The fourth-order valence-electron chi connectivity index (χ4n) is 9.80. The fourth-order valence-corrected chi connectivity index (χ4v) is 9.80. The van der Waals surface area contributed by atoms with Crippen molar-refractivity contribution in [2.45, 2.75) is 335 Å². The molecule has 0 heterocycles. The normalized spacial score (nSPS) is 12.9. The number of carbonyl (C=O) groups excluding carboxylic acids is 3. The van der Waals surface area contributed by atoms with Crippen molar-refractivity contribution in [1.29, 1.82) is 0 Å². The first-order chi connectivity index (χ1) is 41.0. The summed E-state index contributed by atoms with van der Waals surface area (Å²) in [5, 5.41) is 0. The van der Waals surface area contributed by atoms with Gasteiger partial charge in [-0.25, -0.2) is 0 Å². The van der Waals surface area contributed by atoms with Crippen molar-refractivity contribution in [2.75, 3.05) is 13.2 Å². The van der Waals surface area contributed by atoms with Crippen molar-refractivity contribution in [1.82, 2.24) is 0 Å². The Morgan fingerprint density at radius 2 is 0.482 bits per heavy atom. The van der Waals surface area contributed by atoms with Crippen LogP contribution in [0, 0.1) is 0 Å². The van der Waals surface area contributed by atoms with E-state index in [1.165, 1.54) is 167 Å². The molecule has 0 aliphatic carbocycles. The molecule has 0 saturated carbocycles. The standard InChI is InChI=1S/C77H130O6/c1-4-7-10-13-16-19-22-25-27-29-31-33-35-36-37-38-39-40-42-43-45-47-49-52-55-58-61-64-67-70-76(79)82-73-74(72-81-75(78)69-66-63-60-57-54-51-24-21-18-15-12-9-6-3)83-77(80)71-68-65-62-59-56-53-50-48-46-44-41-34-32-30-28-26-23-20-17-14-11-8-5-2/h8-9,11-12,17-18,20-21,26,28,32,34,44,46,50-51,53-54,59,62,74H,4-7,10,13-16,19,22-25,27,29-31,33,35-43,45,47-49,52,55-58,60-61,63-73H2,1-3H3/b11-8-,12-9-,20-17-,21-18-,28-26-,34-32-,46-44-,53-50-,54-51-,62-59-. The van der Waals surface area contributed by atoms with Crippen LogP contribution < -0.4 is 0 Å². The molecule has 6 heteroatoms. The van der Waals surface area contributed by atoms with Crippen LogP contribution in [0.25, 0.3) is 0 Å². The molecule has 0 spiro atoms. The van der Waals surface area contributed by atoms with Gasteiger partial charge in [0.15, 0.2) is 6.10 Å². The number of unbranched alkanes of at least 4 members (excludes halogenated alkanes) is 32. The Kier molecular flexibility index (Phi) is 66.7. The van der Waals surface area contributed by atoms with E-state index in [2.05, 4.69) is 142 Å². The highest BCUT2D eigenvalue weighted by Gasteiger charge is 2.19. The van der Waals surface area contributed by atoms with Crippen LogP contribution >= 0.6 is 0 Å². The Morgan fingerprint density at radius 3 is 0.771 bits per heavy atom. The van der Waals surface area contributed by atoms with Crippen molar-refractivity contribution in [2.24, 2.45) is 0 Å². The van der Waals surface area contributed by atoms with E-state index in [9.17, 15) is 14.4 Å². The lowest BCUT2D eigenvalue weighted by atomic mass is 10.0. The second-order valence-corrected chi connectivity index (χ2v) is 23.0. The van der Waals surface area contributed by atoms with E-state index in [-0.39, 0.29) is 37.5 Å². The molecular formula is C77H130O6. The first kappa shape index (κ1) is 78.8. The summed E-state index contributed by atoms with van der Waals surface area (Å²) in [5.41, 5.74) is 0. The molecule has 0 rings (SSSR count). The Labute approximate surface area is 513 Å². The lowest BCUT2D eigenvalue weighted by molar-refractivity contribution is -0.167. The van der Waals surface area contributed by atoms with E-state index in [1.54, 1.807) is 0 Å². The van der Waals surface area contributed by atoms with E-state index in [0.717, 1.165) is 116 Å². The molecule has 83 heavy (non-hydrogen) atoms. The third kappa shape index (κ3) is 68.5. The number of rotatable bonds is 63. The number of allylic oxidation sites excluding steroid dienone is 20. The Morgan fingerprint density at radius 1 is 0.253 bits per heavy atom. The Bertz CT molecular complexity index is 1700. The third-order valence-corrected chi connectivity index (χ3v) is 15.0. The van der Waals surface area contributed by atoms with Gasteiger partial charge < -0.3 is 14.2 Å². The predicted octanol–water partition coefficient (Wildman–Crippen LogP) is 24.3. The minimum atomic E-state index is -0.825.